The Morgan fingerprint density at radius 2 is 2.31 bits per heavy atom. The molecule has 88 valence electrons. The van der Waals surface area contributed by atoms with Gasteiger partial charge < -0.3 is 11.1 Å². The topological polar surface area (TPSA) is 38.0 Å². The highest BCUT2D eigenvalue weighted by atomic mass is 127. The summed E-state index contributed by atoms with van der Waals surface area (Å²) in [6.07, 6.45) is 4.13. The molecule has 1 aliphatic heterocycles. The van der Waals surface area contributed by atoms with Crippen LogP contribution in [0, 0.1) is 3.57 Å². The molecule has 1 aliphatic rings. The van der Waals surface area contributed by atoms with E-state index in [2.05, 4.69) is 45.7 Å². The number of benzene rings is 1. The molecule has 1 aromatic rings. The lowest BCUT2D eigenvalue weighted by Gasteiger charge is -2.22. The number of nitrogens with one attached hydrogen (secondary N) is 1. The van der Waals surface area contributed by atoms with Crippen molar-refractivity contribution in [2.75, 3.05) is 23.3 Å². The fourth-order valence-electron chi connectivity index (χ4n) is 1.87. The molecule has 1 heterocycles. The second kappa shape index (κ2) is 6.00. The summed E-state index contributed by atoms with van der Waals surface area (Å²) < 4.78 is 1.21. The molecule has 2 nitrogen and oxygen atoms in total. The van der Waals surface area contributed by atoms with E-state index < -0.39 is 0 Å². The number of anilines is 2. The maximum absolute atomic E-state index is 5.73. The number of hydrogen-bond donors (Lipinski definition) is 2. The summed E-state index contributed by atoms with van der Waals surface area (Å²) in [5.74, 6) is 1.32. The first kappa shape index (κ1) is 12.4. The Bertz CT molecular complexity index is 351. The van der Waals surface area contributed by atoms with E-state index in [0.29, 0.717) is 0 Å². The zero-order valence-corrected chi connectivity index (χ0v) is 12.2. The van der Waals surface area contributed by atoms with Gasteiger partial charge in [0.1, 0.15) is 0 Å². The molecule has 0 saturated carbocycles. The first-order chi connectivity index (χ1) is 7.75. The van der Waals surface area contributed by atoms with Crippen molar-refractivity contribution in [3.05, 3.63) is 21.8 Å². The second-order valence-electron chi connectivity index (χ2n) is 4.11. The van der Waals surface area contributed by atoms with Crippen molar-refractivity contribution >= 4 is 45.7 Å². The number of nitrogen functional groups attached to an aromatic ring is 1. The fourth-order valence-corrected chi connectivity index (χ4v) is 3.84. The Hall–Kier alpha value is -0.100. The minimum atomic E-state index is 0.780. The van der Waals surface area contributed by atoms with Crippen LogP contribution in [0.5, 0.6) is 0 Å². The molecule has 4 heteroatoms. The molecule has 16 heavy (non-hydrogen) atoms. The van der Waals surface area contributed by atoms with Gasteiger partial charge in [-0.1, -0.05) is 6.42 Å². The average molecular weight is 348 g/mol. The van der Waals surface area contributed by atoms with Gasteiger partial charge in [-0.25, -0.2) is 0 Å². The van der Waals surface area contributed by atoms with Crippen molar-refractivity contribution in [2.45, 2.75) is 24.5 Å². The first-order valence-electron chi connectivity index (χ1n) is 5.66. The van der Waals surface area contributed by atoms with E-state index in [1.807, 2.05) is 12.1 Å². The lowest BCUT2D eigenvalue weighted by Crippen LogP contribution is -2.20. The van der Waals surface area contributed by atoms with Crippen LogP contribution in [0.1, 0.15) is 19.3 Å². The molecule has 0 aliphatic carbocycles. The van der Waals surface area contributed by atoms with E-state index in [1.54, 1.807) is 0 Å². The van der Waals surface area contributed by atoms with Gasteiger partial charge in [-0.3, -0.25) is 0 Å². The minimum absolute atomic E-state index is 0.780. The van der Waals surface area contributed by atoms with E-state index in [1.165, 1.54) is 34.3 Å². The largest absolute Gasteiger partial charge is 0.399 e. The summed E-state index contributed by atoms with van der Waals surface area (Å²) in [5.41, 5.74) is 7.77. The van der Waals surface area contributed by atoms with Crippen molar-refractivity contribution < 1.29 is 0 Å². The normalized spacial score (nSPS) is 20.7. The molecule has 0 amide bonds. The van der Waals surface area contributed by atoms with Gasteiger partial charge in [-0.2, -0.15) is 11.8 Å². The number of hydrogen-bond acceptors (Lipinski definition) is 3. The summed E-state index contributed by atoms with van der Waals surface area (Å²) in [6.45, 7) is 1.07. The Balaban J connectivity index is 1.88. The highest BCUT2D eigenvalue weighted by molar-refractivity contribution is 14.1. The Morgan fingerprint density at radius 3 is 3.00 bits per heavy atom. The first-order valence-corrected chi connectivity index (χ1v) is 7.79. The highest BCUT2D eigenvalue weighted by Gasteiger charge is 2.13. The van der Waals surface area contributed by atoms with Crippen molar-refractivity contribution in [3.63, 3.8) is 0 Å². The van der Waals surface area contributed by atoms with Gasteiger partial charge in [0.25, 0.3) is 0 Å². The monoisotopic (exact) mass is 348 g/mol. The van der Waals surface area contributed by atoms with Crippen molar-refractivity contribution in [2.24, 2.45) is 0 Å². The van der Waals surface area contributed by atoms with Crippen LogP contribution in [-0.4, -0.2) is 17.5 Å². The summed E-state index contributed by atoms with van der Waals surface area (Å²) in [4.78, 5) is 0. The van der Waals surface area contributed by atoms with Crippen molar-refractivity contribution in [3.8, 4) is 0 Å². The predicted molar refractivity (Wildman–Crippen MR) is 82.2 cm³/mol. The van der Waals surface area contributed by atoms with E-state index in [4.69, 9.17) is 5.73 Å². The molecule has 1 fully saturated rings. The van der Waals surface area contributed by atoms with Gasteiger partial charge >= 0.3 is 0 Å². The molecule has 1 saturated heterocycles. The van der Waals surface area contributed by atoms with Crippen molar-refractivity contribution in [1.82, 2.24) is 0 Å². The number of halogens is 1. The Labute approximate surface area is 115 Å². The minimum Gasteiger partial charge on any atom is -0.399 e. The quantitative estimate of drug-likeness (QED) is 0.648. The molecular weight excluding hydrogens is 331 g/mol. The van der Waals surface area contributed by atoms with Crippen molar-refractivity contribution in [1.29, 1.82) is 0 Å². The summed E-state index contributed by atoms with van der Waals surface area (Å²) >= 11 is 4.43. The van der Waals surface area contributed by atoms with Gasteiger partial charge in [0, 0.05) is 26.7 Å². The van der Waals surface area contributed by atoms with Crippen LogP contribution in [0.2, 0.25) is 0 Å². The maximum Gasteiger partial charge on any atom is 0.0477 e. The van der Waals surface area contributed by atoms with E-state index >= 15 is 0 Å². The van der Waals surface area contributed by atoms with Crippen LogP contribution in [0.3, 0.4) is 0 Å². The smallest absolute Gasteiger partial charge is 0.0477 e. The van der Waals surface area contributed by atoms with Crippen LogP contribution in [0.4, 0.5) is 11.4 Å². The molecule has 0 spiro atoms. The second-order valence-corrected chi connectivity index (χ2v) is 6.68. The molecule has 0 aromatic heterocycles. The third-order valence-electron chi connectivity index (χ3n) is 2.79. The molecule has 3 N–H and O–H groups in total. The molecule has 1 atom stereocenters. The number of rotatable bonds is 3. The number of nitrogens with two attached hydrogens (primary N) is 1. The van der Waals surface area contributed by atoms with E-state index in [0.717, 1.165) is 17.5 Å². The van der Waals surface area contributed by atoms with Gasteiger partial charge in [-0.05, 0) is 59.4 Å². The molecule has 0 bridgehead atoms. The van der Waals surface area contributed by atoms with Gasteiger partial charge in [0.05, 0.1) is 0 Å². The standard InChI is InChI=1S/C12H17IN2S/c13-11-7-9(14)4-5-12(11)15-8-10-3-1-2-6-16-10/h4-5,7,10,15H,1-3,6,8,14H2. The zero-order valence-electron chi connectivity index (χ0n) is 9.21. The van der Waals surface area contributed by atoms with E-state index in [-0.39, 0.29) is 0 Å². The lowest BCUT2D eigenvalue weighted by molar-refractivity contribution is 0.677. The predicted octanol–water partition coefficient (Wildman–Crippen LogP) is 3.57. The SMILES string of the molecule is Nc1ccc(NCC2CCCCS2)c(I)c1. The van der Waals surface area contributed by atoms with Gasteiger partial charge in [0.15, 0.2) is 0 Å². The van der Waals surface area contributed by atoms with E-state index in [9.17, 15) is 0 Å². The molecular formula is C12H17IN2S. The third kappa shape index (κ3) is 3.45. The summed E-state index contributed by atoms with van der Waals surface area (Å²) in [7, 11) is 0. The molecule has 1 unspecified atom stereocenters. The Morgan fingerprint density at radius 1 is 1.44 bits per heavy atom. The van der Waals surface area contributed by atoms with Crippen LogP contribution >= 0.6 is 34.4 Å². The van der Waals surface area contributed by atoms with Crippen LogP contribution in [0.15, 0.2) is 18.2 Å². The zero-order chi connectivity index (χ0) is 11.4. The van der Waals surface area contributed by atoms with Gasteiger partial charge in [0.2, 0.25) is 0 Å². The lowest BCUT2D eigenvalue weighted by atomic mass is 10.2. The number of thioether (sulfide) groups is 1. The average Bonchev–Trinajstić information content (AvgIpc) is 2.29. The molecule has 2 rings (SSSR count). The Kier molecular flexibility index (Phi) is 4.64. The van der Waals surface area contributed by atoms with Crippen LogP contribution < -0.4 is 11.1 Å². The highest BCUT2D eigenvalue weighted by Crippen LogP contribution is 2.26. The molecule has 1 aromatic carbocycles. The molecule has 0 radical (unpaired) electrons. The summed E-state index contributed by atoms with van der Waals surface area (Å²) in [5, 5.41) is 4.31. The third-order valence-corrected chi connectivity index (χ3v) is 5.08. The van der Waals surface area contributed by atoms with Crippen LogP contribution in [-0.2, 0) is 0 Å². The fraction of sp³-hybridized carbons (Fsp3) is 0.500. The van der Waals surface area contributed by atoms with Crippen LogP contribution in [0.25, 0.3) is 0 Å². The summed E-state index contributed by atoms with van der Waals surface area (Å²) in [6, 6.07) is 6.04. The van der Waals surface area contributed by atoms with Gasteiger partial charge in [-0.15, -0.1) is 0 Å². The maximum atomic E-state index is 5.73.